The van der Waals surface area contributed by atoms with E-state index in [-0.39, 0.29) is 6.04 Å². The Labute approximate surface area is 109 Å². The van der Waals surface area contributed by atoms with Gasteiger partial charge in [0.2, 0.25) is 0 Å². The normalized spacial score (nSPS) is 14.8. The molecule has 0 amide bonds. The maximum absolute atomic E-state index is 6.05. The van der Waals surface area contributed by atoms with Gasteiger partial charge >= 0.3 is 0 Å². The summed E-state index contributed by atoms with van der Waals surface area (Å²) in [6, 6.07) is 6.13. The molecule has 0 spiro atoms. The van der Waals surface area contributed by atoms with Crippen LogP contribution in [0, 0.1) is 5.92 Å². The van der Waals surface area contributed by atoms with Crippen LogP contribution >= 0.6 is 11.8 Å². The number of rotatable bonds is 5. The lowest BCUT2D eigenvalue weighted by Crippen LogP contribution is -2.11. The first kappa shape index (κ1) is 14.4. The fraction of sp³-hybridized carbons (Fsp3) is 0.571. The molecule has 3 heteroatoms. The van der Waals surface area contributed by atoms with Gasteiger partial charge in [0.15, 0.2) is 0 Å². The van der Waals surface area contributed by atoms with E-state index in [0.717, 1.165) is 11.3 Å². The van der Waals surface area contributed by atoms with E-state index in [2.05, 4.69) is 26.8 Å². The molecular weight excluding hydrogens is 230 g/mol. The molecule has 0 saturated carbocycles. The van der Waals surface area contributed by atoms with Crippen LogP contribution in [0.15, 0.2) is 23.1 Å². The molecule has 96 valence electrons. The second kappa shape index (κ2) is 6.31. The van der Waals surface area contributed by atoms with Crippen LogP contribution in [0.3, 0.4) is 0 Å². The van der Waals surface area contributed by atoms with E-state index in [0.29, 0.717) is 11.2 Å². The Balaban J connectivity index is 3.06. The van der Waals surface area contributed by atoms with Crippen molar-refractivity contribution >= 4 is 11.8 Å². The van der Waals surface area contributed by atoms with Gasteiger partial charge in [-0.05, 0) is 25.0 Å². The molecule has 0 heterocycles. The van der Waals surface area contributed by atoms with Crippen LogP contribution in [-0.2, 0) is 0 Å². The average Bonchev–Trinajstić information content (AvgIpc) is 2.27. The van der Waals surface area contributed by atoms with Crippen molar-refractivity contribution in [2.24, 2.45) is 11.7 Å². The monoisotopic (exact) mass is 253 g/mol. The molecule has 17 heavy (non-hydrogen) atoms. The molecule has 1 rings (SSSR count). The largest absolute Gasteiger partial charge is 0.496 e. The van der Waals surface area contributed by atoms with Crippen molar-refractivity contribution in [2.75, 3.05) is 7.11 Å². The molecule has 0 saturated heterocycles. The van der Waals surface area contributed by atoms with Gasteiger partial charge < -0.3 is 10.5 Å². The van der Waals surface area contributed by atoms with Crippen molar-refractivity contribution in [2.45, 2.75) is 43.9 Å². The first-order chi connectivity index (χ1) is 7.97. The Morgan fingerprint density at radius 1 is 1.18 bits per heavy atom. The van der Waals surface area contributed by atoms with E-state index < -0.39 is 0 Å². The van der Waals surface area contributed by atoms with E-state index in [4.69, 9.17) is 10.5 Å². The second-order valence-electron chi connectivity index (χ2n) is 4.73. The zero-order chi connectivity index (χ0) is 13.0. The van der Waals surface area contributed by atoms with Crippen LogP contribution in [0.4, 0.5) is 0 Å². The van der Waals surface area contributed by atoms with Crippen LogP contribution in [0.1, 0.15) is 39.3 Å². The average molecular weight is 253 g/mol. The third kappa shape index (κ3) is 3.65. The van der Waals surface area contributed by atoms with Crippen molar-refractivity contribution in [1.29, 1.82) is 0 Å². The zero-order valence-corrected chi connectivity index (χ0v) is 12.2. The molecule has 0 aliphatic carbocycles. The van der Waals surface area contributed by atoms with Crippen LogP contribution in [-0.4, -0.2) is 12.4 Å². The predicted molar refractivity (Wildman–Crippen MR) is 75.8 cm³/mol. The minimum atomic E-state index is -0.00647. The number of hydrogen-bond donors (Lipinski definition) is 1. The molecule has 0 bridgehead atoms. The highest BCUT2D eigenvalue weighted by Crippen LogP contribution is 2.37. The SMILES string of the molecule is COc1cccc(SC(C)C(C)C)c1[C@@H](C)N. The van der Waals surface area contributed by atoms with E-state index in [1.54, 1.807) is 7.11 Å². The topological polar surface area (TPSA) is 35.2 Å². The molecular formula is C14H23NOS. The molecule has 0 radical (unpaired) electrons. The maximum atomic E-state index is 6.05. The third-order valence-corrected chi connectivity index (χ3v) is 4.48. The molecule has 2 atom stereocenters. The number of ether oxygens (including phenoxy) is 1. The Morgan fingerprint density at radius 2 is 1.82 bits per heavy atom. The number of thioether (sulfide) groups is 1. The Hall–Kier alpha value is -0.670. The lowest BCUT2D eigenvalue weighted by Gasteiger charge is -2.20. The predicted octanol–water partition coefficient (Wildman–Crippen LogP) is 3.85. The summed E-state index contributed by atoms with van der Waals surface area (Å²) in [5.74, 6) is 1.54. The first-order valence-corrected chi connectivity index (χ1v) is 6.94. The number of methoxy groups -OCH3 is 1. The van der Waals surface area contributed by atoms with Crippen molar-refractivity contribution < 1.29 is 4.74 Å². The lowest BCUT2D eigenvalue weighted by molar-refractivity contribution is 0.405. The highest BCUT2D eigenvalue weighted by atomic mass is 32.2. The van der Waals surface area contributed by atoms with Gasteiger partial charge in [-0.2, -0.15) is 0 Å². The Morgan fingerprint density at radius 3 is 2.29 bits per heavy atom. The van der Waals surface area contributed by atoms with E-state index in [9.17, 15) is 0 Å². The fourth-order valence-corrected chi connectivity index (χ4v) is 2.83. The quantitative estimate of drug-likeness (QED) is 0.809. The van der Waals surface area contributed by atoms with Crippen molar-refractivity contribution in [3.63, 3.8) is 0 Å². The minimum Gasteiger partial charge on any atom is -0.496 e. The number of benzene rings is 1. The molecule has 0 aliphatic heterocycles. The Bertz CT molecular complexity index is 363. The lowest BCUT2D eigenvalue weighted by atomic mass is 10.1. The molecule has 1 unspecified atom stereocenters. The van der Waals surface area contributed by atoms with Crippen LogP contribution in [0.25, 0.3) is 0 Å². The summed E-state index contributed by atoms with van der Waals surface area (Å²) in [5.41, 5.74) is 7.17. The van der Waals surface area contributed by atoms with Gasteiger partial charge in [-0.15, -0.1) is 11.8 Å². The van der Waals surface area contributed by atoms with Gasteiger partial charge in [0, 0.05) is 21.8 Å². The van der Waals surface area contributed by atoms with Crippen LogP contribution in [0.5, 0.6) is 5.75 Å². The van der Waals surface area contributed by atoms with Crippen molar-refractivity contribution in [3.05, 3.63) is 23.8 Å². The molecule has 0 aliphatic rings. The minimum absolute atomic E-state index is 0.00647. The molecule has 0 fully saturated rings. The summed E-state index contributed by atoms with van der Waals surface area (Å²) in [4.78, 5) is 1.24. The third-order valence-electron chi connectivity index (χ3n) is 2.95. The van der Waals surface area contributed by atoms with Crippen molar-refractivity contribution in [3.8, 4) is 5.75 Å². The number of hydrogen-bond acceptors (Lipinski definition) is 3. The van der Waals surface area contributed by atoms with Crippen LogP contribution in [0.2, 0.25) is 0 Å². The summed E-state index contributed by atoms with van der Waals surface area (Å²) >= 11 is 1.88. The maximum Gasteiger partial charge on any atom is 0.124 e. The van der Waals surface area contributed by atoms with Gasteiger partial charge in [-0.1, -0.05) is 26.8 Å². The summed E-state index contributed by atoms with van der Waals surface area (Å²) < 4.78 is 5.40. The van der Waals surface area contributed by atoms with Gasteiger partial charge in [0.1, 0.15) is 5.75 Å². The van der Waals surface area contributed by atoms with E-state index in [1.807, 2.05) is 30.8 Å². The first-order valence-electron chi connectivity index (χ1n) is 6.06. The molecule has 1 aromatic carbocycles. The van der Waals surface area contributed by atoms with Crippen LogP contribution < -0.4 is 10.5 Å². The van der Waals surface area contributed by atoms with Crippen molar-refractivity contribution in [1.82, 2.24) is 0 Å². The Kier molecular flexibility index (Phi) is 5.34. The van der Waals surface area contributed by atoms with Gasteiger partial charge in [0.05, 0.1) is 7.11 Å². The highest BCUT2D eigenvalue weighted by molar-refractivity contribution is 8.00. The van der Waals surface area contributed by atoms with E-state index in [1.165, 1.54) is 4.90 Å². The molecule has 2 nitrogen and oxygen atoms in total. The zero-order valence-electron chi connectivity index (χ0n) is 11.4. The van der Waals surface area contributed by atoms with Gasteiger partial charge in [0.25, 0.3) is 0 Å². The highest BCUT2D eigenvalue weighted by Gasteiger charge is 2.16. The summed E-state index contributed by atoms with van der Waals surface area (Å²) in [7, 11) is 1.70. The van der Waals surface area contributed by atoms with E-state index >= 15 is 0 Å². The second-order valence-corrected chi connectivity index (χ2v) is 6.15. The molecule has 0 aromatic heterocycles. The molecule has 2 N–H and O–H groups in total. The van der Waals surface area contributed by atoms with Gasteiger partial charge in [-0.25, -0.2) is 0 Å². The molecule has 1 aromatic rings. The standard InChI is InChI=1S/C14H23NOS/c1-9(2)11(4)17-13-8-6-7-12(16-5)14(13)10(3)15/h6-11H,15H2,1-5H3/t10-,11?/m1/s1. The smallest absolute Gasteiger partial charge is 0.124 e. The fourth-order valence-electron chi connectivity index (χ4n) is 1.59. The summed E-state index contributed by atoms with van der Waals surface area (Å²) in [5, 5.41) is 0.569. The summed E-state index contributed by atoms with van der Waals surface area (Å²) in [6.45, 7) is 8.73. The van der Waals surface area contributed by atoms with Gasteiger partial charge in [-0.3, -0.25) is 0 Å². The number of nitrogens with two attached hydrogens (primary N) is 1. The summed E-state index contributed by atoms with van der Waals surface area (Å²) in [6.07, 6.45) is 0.